The van der Waals surface area contributed by atoms with Gasteiger partial charge in [-0.25, -0.2) is 0 Å². The van der Waals surface area contributed by atoms with Gasteiger partial charge in [0.2, 0.25) is 0 Å². The van der Waals surface area contributed by atoms with Crippen LogP contribution in [0, 0.1) is 0 Å². The van der Waals surface area contributed by atoms with Crippen molar-refractivity contribution >= 4 is 28.4 Å². The lowest BCUT2D eigenvalue weighted by atomic mass is 10.2. The van der Waals surface area contributed by atoms with Crippen LogP contribution in [0.1, 0.15) is 19.8 Å². The van der Waals surface area contributed by atoms with Crippen molar-refractivity contribution in [1.29, 1.82) is 0 Å². The number of nitrogens with zero attached hydrogens (tertiary/aromatic N) is 1. The Balaban J connectivity index is 1.77. The van der Waals surface area contributed by atoms with Crippen molar-refractivity contribution in [3.05, 3.63) is 78.9 Å². The minimum absolute atomic E-state index is 0.773. The summed E-state index contributed by atoms with van der Waals surface area (Å²) in [5.41, 5.74) is 11.1. The second-order valence-electron chi connectivity index (χ2n) is 6.13. The highest BCUT2D eigenvalue weighted by Crippen LogP contribution is 2.28. The lowest BCUT2D eigenvalue weighted by Gasteiger charge is -2.25. The SMILES string of the molecule is CCCCN(c1ccccc1)c1ccc(Nc2ccc(N)cc2)cc1. The quantitative estimate of drug-likeness (QED) is 0.526. The molecular weight excluding hydrogens is 306 g/mol. The number of unbranched alkanes of at least 4 members (excludes halogenated alkanes) is 1. The van der Waals surface area contributed by atoms with E-state index in [1.54, 1.807) is 0 Å². The molecule has 0 radical (unpaired) electrons. The summed E-state index contributed by atoms with van der Waals surface area (Å²) in [5.74, 6) is 0. The molecule has 3 heteroatoms. The molecular formula is C22H25N3. The zero-order valence-corrected chi connectivity index (χ0v) is 14.7. The van der Waals surface area contributed by atoms with Crippen molar-refractivity contribution in [3.8, 4) is 0 Å². The third kappa shape index (κ3) is 4.54. The molecule has 0 aromatic heterocycles. The first kappa shape index (κ1) is 16.9. The van der Waals surface area contributed by atoms with E-state index in [1.165, 1.54) is 24.2 Å². The monoisotopic (exact) mass is 331 g/mol. The fourth-order valence-corrected chi connectivity index (χ4v) is 2.79. The molecule has 0 aliphatic carbocycles. The molecule has 3 aromatic carbocycles. The van der Waals surface area contributed by atoms with E-state index < -0.39 is 0 Å². The molecule has 0 amide bonds. The number of nitrogens with two attached hydrogens (primary N) is 1. The second kappa shape index (κ2) is 8.25. The molecule has 128 valence electrons. The summed E-state index contributed by atoms with van der Waals surface area (Å²) in [4.78, 5) is 2.37. The van der Waals surface area contributed by atoms with Crippen LogP contribution in [-0.4, -0.2) is 6.54 Å². The first-order chi connectivity index (χ1) is 12.3. The first-order valence-electron chi connectivity index (χ1n) is 8.81. The summed E-state index contributed by atoms with van der Waals surface area (Å²) < 4.78 is 0. The van der Waals surface area contributed by atoms with Crippen LogP contribution in [0.25, 0.3) is 0 Å². The van der Waals surface area contributed by atoms with Gasteiger partial charge in [-0.05, 0) is 67.1 Å². The van der Waals surface area contributed by atoms with Crippen molar-refractivity contribution in [2.75, 3.05) is 22.5 Å². The summed E-state index contributed by atoms with van der Waals surface area (Å²) >= 11 is 0. The van der Waals surface area contributed by atoms with Gasteiger partial charge in [-0.2, -0.15) is 0 Å². The van der Waals surface area contributed by atoms with Gasteiger partial charge in [-0.1, -0.05) is 31.5 Å². The first-order valence-corrected chi connectivity index (χ1v) is 8.81. The summed E-state index contributed by atoms with van der Waals surface area (Å²) in [6.07, 6.45) is 2.35. The van der Waals surface area contributed by atoms with Gasteiger partial charge < -0.3 is 16.0 Å². The number of rotatable bonds is 7. The predicted octanol–water partition coefficient (Wildman–Crippen LogP) is 5.95. The average Bonchev–Trinajstić information content (AvgIpc) is 2.66. The highest BCUT2D eigenvalue weighted by molar-refractivity contribution is 5.68. The molecule has 0 unspecified atom stereocenters. The van der Waals surface area contributed by atoms with E-state index in [-0.39, 0.29) is 0 Å². The molecule has 0 spiro atoms. The smallest absolute Gasteiger partial charge is 0.0412 e. The van der Waals surface area contributed by atoms with Crippen LogP contribution in [-0.2, 0) is 0 Å². The van der Waals surface area contributed by atoms with Gasteiger partial charge in [0, 0.05) is 35.0 Å². The van der Waals surface area contributed by atoms with Crippen molar-refractivity contribution in [2.45, 2.75) is 19.8 Å². The Hall–Kier alpha value is -2.94. The predicted molar refractivity (Wildman–Crippen MR) is 109 cm³/mol. The molecule has 0 heterocycles. The number of hydrogen-bond donors (Lipinski definition) is 2. The van der Waals surface area contributed by atoms with Crippen LogP contribution < -0.4 is 16.0 Å². The molecule has 3 N–H and O–H groups in total. The molecule has 3 rings (SSSR count). The minimum Gasteiger partial charge on any atom is -0.399 e. The Morgan fingerprint density at radius 3 is 1.92 bits per heavy atom. The molecule has 3 aromatic rings. The van der Waals surface area contributed by atoms with Gasteiger partial charge in [0.25, 0.3) is 0 Å². The molecule has 0 aliphatic heterocycles. The van der Waals surface area contributed by atoms with Crippen molar-refractivity contribution in [1.82, 2.24) is 0 Å². The van der Waals surface area contributed by atoms with E-state index >= 15 is 0 Å². The number of nitrogen functional groups attached to an aromatic ring is 1. The Labute approximate surface area is 150 Å². The number of anilines is 5. The van der Waals surface area contributed by atoms with E-state index in [0.29, 0.717) is 0 Å². The minimum atomic E-state index is 0.773. The van der Waals surface area contributed by atoms with Gasteiger partial charge in [0.05, 0.1) is 0 Å². The van der Waals surface area contributed by atoms with E-state index in [4.69, 9.17) is 5.73 Å². The van der Waals surface area contributed by atoms with Crippen LogP contribution in [0.15, 0.2) is 78.9 Å². The standard InChI is InChI=1S/C22H25N3/c1-2-3-17-25(21-7-5-4-6-8-21)22-15-13-20(14-16-22)24-19-11-9-18(23)10-12-19/h4-16,24H,2-3,17,23H2,1H3. The maximum absolute atomic E-state index is 5.74. The molecule has 0 fully saturated rings. The maximum Gasteiger partial charge on any atom is 0.0412 e. The van der Waals surface area contributed by atoms with Gasteiger partial charge in [0.15, 0.2) is 0 Å². The average molecular weight is 331 g/mol. The molecule has 25 heavy (non-hydrogen) atoms. The number of benzene rings is 3. The van der Waals surface area contributed by atoms with E-state index in [1.807, 2.05) is 24.3 Å². The summed E-state index contributed by atoms with van der Waals surface area (Å²) in [7, 11) is 0. The third-order valence-corrected chi connectivity index (χ3v) is 4.18. The van der Waals surface area contributed by atoms with Crippen LogP contribution in [0.5, 0.6) is 0 Å². The molecule has 3 nitrogen and oxygen atoms in total. The molecule has 0 aliphatic rings. The Bertz CT molecular complexity index is 765. The number of nitrogens with one attached hydrogen (secondary N) is 1. The lowest BCUT2D eigenvalue weighted by molar-refractivity contribution is 0.786. The fourth-order valence-electron chi connectivity index (χ4n) is 2.79. The van der Waals surface area contributed by atoms with Crippen molar-refractivity contribution in [2.24, 2.45) is 0 Å². The lowest BCUT2D eigenvalue weighted by Crippen LogP contribution is -2.18. The topological polar surface area (TPSA) is 41.3 Å². The second-order valence-corrected chi connectivity index (χ2v) is 6.13. The Morgan fingerprint density at radius 1 is 0.760 bits per heavy atom. The highest BCUT2D eigenvalue weighted by atomic mass is 15.1. The highest BCUT2D eigenvalue weighted by Gasteiger charge is 2.08. The van der Waals surface area contributed by atoms with Gasteiger partial charge in [0.1, 0.15) is 0 Å². The van der Waals surface area contributed by atoms with Crippen molar-refractivity contribution in [3.63, 3.8) is 0 Å². The summed E-state index contributed by atoms with van der Waals surface area (Å²) in [6, 6.07) is 26.9. The van der Waals surface area contributed by atoms with Gasteiger partial charge >= 0.3 is 0 Å². The summed E-state index contributed by atoms with van der Waals surface area (Å²) in [5, 5.41) is 3.41. The zero-order chi connectivity index (χ0) is 17.5. The summed E-state index contributed by atoms with van der Waals surface area (Å²) in [6.45, 7) is 3.24. The van der Waals surface area contributed by atoms with Crippen LogP contribution in [0.3, 0.4) is 0 Å². The van der Waals surface area contributed by atoms with Gasteiger partial charge in [-0.15, -0.1) is 0 Å². The Kier molecular flexibility index (Phi) is 5.57. The molecule has 0 saturated heterocycles. The zero-order valence-electron chi connectivity index (χ0n) is 14.7. The van der Waals surface area contributed by atoms with E-state index in [0.717, 1.165) is 23.6 Å². The number of hydrogen-bond acceptors (Lipinski definition) is 3. The fraction of sp³-hybridized carbons (Fsp3) is 0.182. The molecule has 0 bridgehead atoms. The molecule has 0 atom stereocenters. The van der Waals surface area contributed by atoms with Gasteiger partial charge in [-0.3, -0.25) is 0 Å². The third-order valence-electron chi connectivity index (χ3n) is 4.18. The van der Waals surface area contributed by atoms with E-state index in [9.17, 15) is 0 Å². The maximum atomic E-state index is 5.74. The van der Waals surface area contributed by atoms with Crippen molar-refractivity contribution < 1.29 is 0 Å². The van der Waals surface area contributed by atoms with Crippen LogP contribution in [0.2, 0.25) is 0 Å². The van der Waals surface area contributed by atoms with Crippen LogP contribution >= 0.6 is 0 Å². The Morgan fingerprint density at radius 2 is 1.32 bits per heavy atom. The van der Waals surface area contributed by atoms with E-state index in [2.05, 4.69) is 71.7 Å². The normalized spacial score (nSPS) is 10.4. The largest absolute Gasteiger partial charge is 0.399 e. The van der Waals surface area contributed by atoms with Crippen LogP contribution in [0.4, 0.5) is 28.4 Å². The molecule has 0 saturated carbocycles. The number of para-hydroxylation sites is 1.